The van der Waals surface area contributed by atoms with Crippen molar-refractivity contribution in [2.45, 2.75) is 0 Å². The Bertz CT molecular complexity index is 954. The SMILES string of the molecule is Oc1ccccc1-c1nc2cc(-c3ccccc3)ccc2o1.[U].[V]. The molecule has 115 valence electrons. The van der Waals surface area contributed by atoms with E-state index in [0.29, 0.717) is 17.0 Å². The first-order valence-electron chi connectivity index (χ1n) is 7.06. The van der Waals surface area contributed by atoms with Crippen molar-refractivity contribution < 1.29 is 59.2 Å². The van der Waals surface area contributed by atoms with Gasteiger partial charge < -0.3 is 9.52 Å². The van der Waals surface area contributed by atoms with Crippen LogP contribution in [-0.4, -0.2) is 10.1 Å². The van der Waals surface area contributed by atoms with Crippen molar-refractivity contribution in [1.82, 2.24) is 4.98 Å². The normalized spacial score (nSPS) is 10.0. The fourth-order valence-corrected chi connectivity index (χ4v) is 2.51. The zero-order chi connectivity index (χ0) is 14.9. The Morgan fingerprint density at radius 1 is 0.792 bits per heavy atom. The molecule has 0 saturated heterocycles. The van der Waals surface area contributed by atoms with Crippen LogP contribution in [0.2, 0.25) is 0 Å². The fraction of sp³-hybridized carbons (Fsp3) is 0. The largest absolute Gasteiger partial charge is 0.507 e. The average Bonchev–Trinajstić information content (AvgIpc) is 2.99. The third-order valence-electron chi connectivity index (χ3n) is 3.63. The van der Waals surface area contributed by atoms with Crippen molar-refractivity contribution in [2.75, 3.05) is 0 Å². The summed E-state index contributed by atoms with van der Waals surface area (Å²) >= 11 is 0. The number of benzene rings is 3. The Morgan fingerprint density at radius 3 is 2.25 bits per heavy atom. The molecule has 1 aromatic heterocycles. The standard InChI is InChI=1S/C19H13NO2.U.V/c21-17-9-5-4-8-15(17)19-20-16-12-14(10-11-18(16)22-19)13-6-2-1-3-7-13;;/h1-12,21H;;. The summed E-state index contributed by atoms with van der Waals surface area (Å²) in [5.74, 6) is 0.593. The first kappa shape index (κ1) is 18.9. The van der Waals surface area contributed by atoms with Gasteiger partial charge in [0, 0.05) is 49.7 Å². The van der Waals surface area contributed by atoms with Gasteiger partial charge in [-0.3, -0.25) is 0 Å². The Hall–Kier alpha value is -1.43. The summed E-state index contributed by atoms with van der Waals surface area (Å²) in [7, 11) is 0. The van der Waals surface area contributed by atoms with E-state index < -0.39 is 0 Å². The number of oxazole rings is 1. The van der Waals surface area contributed by atoms with E-state index in [1.165, 1.54) is 0 Å². The number of aromatic hydroxyl groups is 1. The van der Waals surface area contributed by atoms with Crippen LogP contribution in [0, 0.1) is 31.1 Å². The van der Waals surface area contributed by atoms with Crippen LogP contribution < -0.4 is 0 Å². The molecule has 0 bridgehead atoms. The maximum atomic E-state index is 9.92. The summed E-state index contributed by atoms with van der Waals surface area (Å²) in [6.45, 7) is 0. The van der Waals surface area contributed by atoms with E-state index >= 15 is 0 Å². The van der Waals surface area contributed by atoms with Crippen molar-refractivity contribution in [3.05, 3.63) is 72.8 Å². The molecule has 24 heavy (non-hydrogen) atoms. The fourth-order valence-electron chi connectivity index (χ4n) is 2.51. The Morgan fingerprint density at radius 2 is 1.50 bits per heavy atom. The molecule has 3 nitrogen and oxygen atoms in total. The number of rotatable bonds is 2. The molecule has 0 saturated carbocycles. The van der Waals surface area contributed by atoms with Crippen molar-refractivity contribution in [2.24, 2.45) is 0 Å². The first-order chi connectivity index (χ1) is 10.8. The van der Waals surface area contributed by atoms with Gasteiger partial charge in [0.15, 0.2) is 5.58 Å². The number of aromatic nitrogens is 1. The van der Waals surface area contributed by atoms with E-state index in [-0.39, 0.29) is 55.4 Å². The van der Waals surface area contributed by atoms with Gasteiger partial charge in [0.05, 0.1) is 5.56 Å². The Kier molecular flexibility index (Phi) is 6.38. The van der Waals surface area contributed by atoms with E-state index in [9.17, 15) is 5.11 Å². The van der Waals surface area contributed by atoms with Gasteiger partial charge in [-0.1, -0.05) is 48.5 Å². The maximum Gasteiger partial charge on any atom is 0.231 e. The quantitative estimate of drug-likeness (QED) is 0.371. The predicted octanol–water partition coefficient (Wildman–Crippen LogP) is 4.86. The van der Waals surface area contributed by atoms with E-state index in [2.05, 4.69) is 17.1 Å². The topological polar surface area (TPSA) is 46.3 Å². The summed E-state index contributed by atoms with van der Waals surface area (Å²) in [6, 6.07) is 23.1. The summed E-state index contributed by atoms with van der Waals surface area (Å²) in [4.78, 5) is 4.50. The van der Waals surface area contributed by atoms with Gasteiger partial charge in [0.2, 0.25) is 5.89 Å². The third kappa shape index (κ3) is 3.63. The molecule has 0 fully saturated rings. The Balaban J connectivity index is 0.00000104. The van der Waals surface area contributed by atoms with Gasteiger partial charge in [0.1, 0.15) is 11.3 Å². The van der Waals surface area contributed by atoms with Crippen LogP contribution in [0.4, 0.5) is 0 Å². The van der Waals surface area contributed by atoms with Gasteiger partial charge in [-0.05, 0) is 35.4 Å². The molecule has 0 amide bonds. The van der Waals surface area contributed by atoms with Gasteiger partial charge >= 0.3 is 0 Å². The van der Waals surface area contributed by atoms with Crippen LogP contribution in [0.1, 0.15) is 0 Å². The molecular weight excluding hydrogens is 563 g/mol. The first-order valence-corrected chi connectivity index (χ1v) is 7.06. The molecule has 0 aliphatic carbocycles. The summed E-state index contributed by atoms with van der Waals surface area (Å²) in [5.41, 5.74) is 4.30. The minimum Gasteiger partial charge on any atom is -0.507 e. The number of para-hydroxylation sites is 1. The predicted molar refractivity (Wildman–Crippen MR) is 86.5 cm³/mol. The summed E-state index contributed by atoms with van der Waals surface area (Å²) < 4.78 is 5.75. The molecule has 4 aromatic rings. The van der Waals surface area contributed by atoms with Crippen molar-refractivity contribution in [3.63, 3.8) is 0 Å². The second kappa shape index (κ2) is 8.10. The minimum atomic E-state index is 0. The van der Waals surface area contributed by atoms with Crippen molar-refractivity contribution >= 4 is 11.1 Å². The second-order valence-electron chi connectivity index (χ2n) is 5.08. The molecule has 5 heteroatoms. The number of nitrogens with zero attached hydrogens (tertiary/aromatic N) is 1. The Labute approximate surface area is 175 Å². The van der Waals surface area contributed by atoms with Gasteiger partial charge in [0.25, 0.3) is 0 Å². The molecule has 4 rings (SSSR count). The van der Waals surface area contributed by atoms with Crippen LogP contribution in [0.15, 0.2) is 77.2 Å². The smallest absolute Gasteiger partial charge is 0.231 e. The second-order valence-corrected chi connectivity index (χ2v) is 5.08. The molecule has 3 aromatic carbocycles. The summed E-state index contributed by atoms with van der Waals surface area (Å²) in [5, 5.41) is 9.92. The van der Waals surface area contributed by atoms with E-state index in [1.807, 2.05) is 42.5 Å². The van der Waals surface area contributed by atoms with Crippen LogP contribution in [0.5, 0.6) is 5.75 Å². The number of hydrogen-bond donors (Lipinski definition) is 1. The van der Waals surface area contributed by atoms with Gasteiger partial charge in [-0.15, -0.1) is 0 Å². The number of phenolic OH excluding ortho intramolecular Hbond substituents is 1. The van der Waals surface area contributed by atoms with Gasteiger partial charge in [-0.25, -0.2) is 4.98 Å². The van der Waals surface area contributed by atoms with E-state index in [4.69, 9.17) is 4.42 Å². The average molecular weight is 576 g/mol. The van der Waals surface area contributed by atoms with Crippen LogP contribution in [-0.2, 0) is 18.6 Å². The molecule has 0 aliphatic rings. The molecule has 0 atom stereocenters. The minimum absolute atomic E-state index is 0. The molecule has 0 spiro atoms. The monoisotopic (exact) mass is 576 g/mol. The molecular formula is C19H13NO2UV. The molecule has 0 aliphatic heterocycles. The van der Waals surface area contributed by atoms with E-state index in [0.717, 1.165) is 16.6 Å². The van der Waals surface area contributed by atoms with Gasteiger partial charge in [-0.2, -0.15) is 0 Å². The summed E-state index contributed by atoms with van der Waals surface area (Å²) in [6.07, 6.45) is 0. The molecule has 1 heterocycles. The number of phenols is 1. The molecule has 0 unspecified atom stereocenters. The van der Waals surface area contributed by atoms with Crippen molar-refractivity contribution in [3.8, 4) is 28.3 Å². The zero-order valence-electron chi connectivity index (χ0n) is 12.7. The van der Waals surface area contributed by atoms with E-state index in [1.54, 1.807) is 18.2 Å². The van der Waals surface area contributed by atoms with Crippen LogP contribution >= 0.6 is 0 Å². The molecule has 1 radical (unpaired) electrons. The van der Waals surface area contributed by atoms with Crippen LogP contribution in [0.3, 0.4) is 0 Å². The van der Waals surface area contributed by atoms with Crippen molar-refractivity contribution in [1.29, 1.82) is 0 Å². The molecule has 1 N–H and O–H groups in total. The van der Waals surface area contributed by atoms with Crippen LogP contribution in [0.25, 0.3) is 33.7 Å². The number of hydrogen-bond acceptors (Lipinski definition) is 3. The third-order valence-corrected chi connectivity index (χ3v) is 3.63. The number of fused-ring (bicyclic) bond motifs is 1. The maximum absolute atomic E-state index is 9.92. The zero-order valence-corrected chi connectivity index (χ0v) is 18.2.